The van der Waals surface area contributed by atoms with Crippen LogP contribution in [0.5, 0.6) is 0 Å². The molecule has 196 valence electrons. The number of carbonyl (C=O) groups is 1. The number of sulfone groups is 1. The Morgan fingerprint density at radius 3 is 2.29 bits per heavy atom. The average Bonchev–Trinajstić information content (AvgIpc) is 2.93. The highest BCUT2D eigenvalue weighted by Crippen LogP contribution is 2.29. The van der Waals surface area contributed by atoms with E-state index in [1.54, 1.807) is 36.4 Å². The zero-order chi connectivity index (χ0) is 27.1. The van der Waals surface area contributed by atoms with Gasteiger partial charge in [-0.3, -0.25) is 0 Å². The number of aromatic carboxylic acids is 1. The van der Waals surface area contributed by atoms with Crippen LogP contribution in [0.15, 0.2) is 107 Å². The van der Waals surface area contributed by atoms with Crippen molar-refractivity contribution in [1.82, 2.24) is 5.32 Å². The van der Waals surface area contributed by atoms with E-state index in [2.05, 4.69) is 5.32 Å². The Bertz CT molecular complexity index is 1510. The van der Waals surface area contributed by atoms with Crippen LogP contribution in [0.4, 0.5) is 0 Å². The minimum absolute atomic E-state index is 0.0407. The fraction of sp³-hybridized carbons (Fsp3) is 0.167. The van der Waals surface area contributed by atoms with Crippen molar-refractivity contribution in [1.29, 1.82) is 0 Å². The molecule has 0 aliphatic carbocycles. The van der Waals surface area contributed by atoms with Gasteiger partial charge < -0.3 is 15.5 Å². The molecule has 1 atom stereocenters. The number of benzene rings is 4. The number of hydrogen-bond acceptors (Lipinski definition) is 5. The van der Waals surface area contributed by atoms with E-state index in [4.69, 9.17) is 11.6 Å². The van der Waals surface area contributed by atoms with Crippen LogP contribution in [0.2, 0.25) is 5.02 Å². The summed E-state index contributed by atoms with van der Waals surface area (Å²) >= 11 is 5.97. The molecule has 6 nitrogen and oxygen atoms in total. The lowest BCUT2D eigenvalue weighted by atomic mass is 10.0. The van der Waals surface area contributed by atoms with Gasteiger partial charge in [0, 0.05) is 11.6 Å². The zero-order valence-electron chi connectivity index (χ0n) is 20.5. The molecule has 38 heavy (non-hydrogen) atoms. The van der Waals surface area contributed by atoms with E-state index in [9.17, 15) is 23.4 Å². The van der Waals surface area contributed by atoms with Gasteiger partial charge in [-0.25, -0.2) is 13.2 Å². The first-order valence-corrected chi connectivity index (χ1v) is 14.0. The maximum Gasteiger partial charge on any atom is 0.337 e. The molecule has 0 bridgehead atoms. The highest BCUT2D eigenvalue weighted by molar-refractivity contribution is 7.91. The molecule has 0 amide bonds. The second kappa shape index (κ2) is 12.4. The maximum atomic E-state index is 13.3. The summed E-state index contributed by atoms with van der Waals surface area (Å²) < 4.78 is 26.6. The van der Waals surface area contributed by atoms with Gasteiger partial charge in [0.1, 0.15) is 0 Å². The van der Waals surface area contributed by atoms with Gasteiger partial charge in [0.25, 0.3) is 0 Å². The molecule has 0 spiro atoms. The summed E-state index contributed by atoms with van der Waals surface area (Å²) in [4.78, 5) is 11.8. The van der Waals surface area contributed by atoms with Gasteiger partial charge in [-0.1, -0.05) is 72.3 Å². The third-order valence-corrected chi connectivity index (χ3v) is 8.29. The Labute approximate surface area is 227 Å². The summed E-state index contributed by atoms with van der Waals surface area (Å²) in [7, 11) is -4.03. The topological polar surface area (TPSA) is 104 Å². The average molecular weight is 550 g/mol. The summed E-state index contributed by atoms with van der Waals surface area (Å²) in [6.07, 6.45) is 0.848. The van der Waals surface area contributed by atoms with Crippen LogP contribution in [0, 0.1) is 0 Å². The standard InChI is InChI=1S/C30H28ClNO5S/c31-25-10-4-9-24(18-25)28(33)20-32-17-5-6-21-11-14-26(15-12-21)38(36,37)29-16-13-23(19-27(29)30(34)35)22-7-2-1-3-8-22/h1-4,7-16,18-19,28,32-33H,5-6,17,20H2,(H,34,35)/t28-/m0/s1. The van der Waals surface area contributed by atoms with E-state index in [-0.39, 0.29) is 15.4 Å². The van der Waals surface area contributed by atoms with Gasteiger partial charge in [-0.05, 0) is 78.0 Å². The van der Waals surface area contributed by atoms with Crippen molar-refractivity contribution in [3.8, 4) is 11.1 Å². The van der Waals surface area contributed by atoms with Crippen LogP contribution >= 0.6 is 11.6 Å². The molecule has 0 saturated heterocycles. The SMILES string of the molecule is O=C(O)c1cc(-c2ccccc2)ccc1S(=O)(=O)c1ccc(CCCNC[C@H](O)c2cccc(Cl)c2)cc1. The third-order valence-electron chi connectivity index (χ3n) is 6.23. The second-order valence-corrected chi connectivity index (χ2v) is 11.3. The molecule has 4 aromatic rings. The van der Waals surface area contributed by atoms with Crippen molar-refractivity contribution in [3.63, 3.8) is 0 Å². The maximum absolute atomic E-state index is 13.3. The lowest BCUT2D eigenvalue weighted by Crippen LogP contribution is -2.22. The minimum atomic E-state index is -4.03. The normalized spacial score (nSPS) is 12.3. The highest BCUT2D eigenvalue weighted by Gasteiger charge is 2.25. The summed E-state index contributed by atoms with van der Waals surface area (Å²) in [5.41, 5.74) is 2.88. The van der Waals surface area contributed by atoms with Crippen molar-refractivity contribution in [3.05, 3.63) is 119 Å². The third kappa shape index (κ3) is 6.68. The summed E-state index contributed by atoms with van der Waals surface area (Å²) in [6.45, 7) is 1.07. The van der Waals surface area contributed by atoms with Crippen LogP contribution in [0.25, 0.3) is 11.1 Å². The predicted octanol–water partition coefficient (Wildman–Crippen LogP) is 5.79. The quantitative estimate of drug-likeness (QED) is 0.204. The number of aliphatic hydroxyl groups excluding tert-OH is 1. The number of carboxylic acid groups (broad SMARTS) is 1. The van der Waals surface area contributed by atoms with E-state index in [0.717, 1.165) is 23.1 Å². The Hall–Kier alpha value is -3.49. The Kier molecular flexibility index (Phi) is 8.97. The summed E-state index contributed by atoms with van der Waals surface area (Å²) in [6, 6.07) is 27.2. The minimum Gasteiger partial charge on any atom is -0.478 e. The molecular weight excluding hydrogens is 522 g/mol. The smallest absolute Gasteiger partial charge is 0.337 e. The molecule has 0 aliphatic rings. The summed E-state index contributed by atoms with van der Waals surface area (Å²) in [5, 5.41) is 23.8. The van der Waals surface area contributed by atoms with E-state index in [1.165, 1.54) is 24.3 Å². The summed E-state index contributed by atoms with van der Waals surface area (Å²) in [5.74, 6) is -1.30. The van der Waals surface area contributed by atoms with E-state index in [0.29, 0.717) is 30.1 Å². The Balaban J connectivity index is 1.38. The number of aryl methyl sites for hydroxylation is 1. The van der Waals surface area contributed by atoms with Gasteiger partial charge in [0.05, 0.1) is 21.5 Å². The largest absolute Gasteiger partial charge is 0.478 e. The number of aliphatic hydroxyl groups is 1. The van der Waals surface area contributed by atoms with Crippen molar-refractivity contribution in [2.24, 2.45) is 0 Å². The first-order valence-electron chi connectivity index (χ1n) is 12.2. The molecule has 8 heteroatoms. The molecule has 0 radical (unpaired) electrons. The van der Waals surface area contributed by atoms with Gasteiger partial charge in [-0.15, -0.1) is 0 Å². The molecule has 0 aromatic heterocycles. The van der Waals surface area contributed by atoms with Crippen LogP contribution in [0.3, 0.4) is 0 Å². The zero-order valence-corrected chi connectivity index (χ0v) is 22.1. The number of halogens is 1. The fourth-order valence-corrected chi connectivity index (χ4v) is 5.82. The molecule has 0 fully saturated rings. The molecule has 4 rings (SSSR count). The van der Waals surface area contributed by atoms with Gasteiger partial charge in [0.2, 0.25) is 9.84 Å². The van der Waals surface area contributed by atoms with Crippen molar-refractivity contribution in [2.45, 2.75) is 28.7 Å². The molecule has 0 saturated carbocycles. The molecule has 0 unspecified atom stereocenters. The van der Waals surface area contributed by atoms with E-state index >= 15 is 0 Å². The van der Waals surface area contributed by atoms with Gasteiger partial charge in [-0.2, -0.15) is 0 Å². The van der Waals surface area contributed by atoms with Crippen molar-refractivity contribution >= 4 is 27.4 Å². The molecule has 3 N–H and O–H groups in total. The van der Waals surface area contributed by atoms with Crippen LogP contribution in [-0.4, -0.2) is 37.7 Å². The lowest BCUT2D eigenvalue weighted by molar-refractivity contribution is 0.0692. The Morgan fingerprint density at radius 1 is 0.868 bits per heavy atom. The molecule has 0 heterocycles. The van der Waals surface area contributed by atoms with E-state index < -0.39 is 21.9 Å². The molecule has 4 aromatic carbocycles. The lowest BCUT2D eigenvalue weighted by Gasteiger charge is -2.13. The van der Waals surface area contributed by atoms with Gasteiger partial charge >= 0.3 is 5.97 Å². The van der Waals surface area contributed by atoms with Crippen LogP contribution in [-0.2, 0) is 16.3 Å². The van der Waals surface area contributed by atoms with E-state index in [1.807, 2.05) is 36.4 Å². The first kappa shape index (κ1) is 27.5. The molecular formula is C30H28ClNO5S. The van der Waals surface area contributed by atoms with Crippen molar-refractivity contribution < 1.29 is 23.4 Å². The Morgan fingerprint density at radius 2 is 1.61 bits per heavy atom. The second-order valence-electron chi connectivity index (χ2n) is 8.91. The van der Waals surface area contributed by atoms with Crippen LogP contribution in [0.1, 0.15) is 34.0 Å². The number of hydrogen-bond donors (Lipinski definition) is 3. The first-order chi connectivity index (χ1) is 18.3. The number of rotatable bonds is 11. The monoisotopic (exact) mass is 549 g/mol. The number of nitrogens with one attached hydrogen (secondary N) is 1. The van der Waals surface area contributed by atoms with Crippen LogP contribution < -0.4 is 5.32 Å². The fourth-order valence-electron chi connectivity index (χ4n) is 4.19. The van der Waals surface area contributed by atoms with Gasteiger partial charge in [0.15, 0.2) is 0 Å². The number of carboxylic acids is 1. The predicted molar refractivity (Wildman–Crippen MR) is 148 cm³/mol. The highest BCUT2D eigenvalue weighted by atomic mass is 35.5. The molecule has 0 aliphatic heterocycles. The van der Waals surface area contributed by atoms with Crippen molar-refractivity contribution in [2.75, 3.05) is 13.1 Å².